The monoisotopic (exact) mass is 411 g/mol. The highest BCUT2D eigenvalue weighted by Crippen LogP contribution is 2.32. The maximum atomic E-state index is 12.3. The average molecular weight is 412 g/mol. The normalized spacial score (nSPS) is 10.5. The third-order valence-electron chi connectivity index (χ3n) is 3.77. The van der Waals surface area contributed by atoms with Gasteiger partial charge in [0.2, 0.25) is 0 Å². The van der Waals surface area contributed by atoms with E-state index >= 15 is 0 Å². The number of methoxy groups -OCH3 is 1. The fourth-order valence-electron chi connectivity index (χ4n) is 2.41. The zero-order valence-corrected chi connectivity index (χ0v) is 16.4. The van der Waals surface area contributed by atoms with Crippen LogP contribution in [0, 0.1) is 0 Å². The molecule has 27 heavy (non-hydrogen) atoms. The Morgan fingerprint density at radius 1 is 1.15 bits per heavy atom. The van der Waals surface area contributed by atoms with Crippen LogP contribution in [0.5, 0.6) is 11.5 Å². The van der Waals surface area contributed by atoms with Crippen molar-refractivity contribution in [3.8, 4) is 11.5 Å². The number of halogens is 2. The van der Waals surface area contributed by atoms with Gasteiger partial charge in [-0.3, -0.25) is 9.59 Å². The van der Waals surface area contributed by atoms with Crippen molar-refractivity contribution in [2.24, 2.45) is 0 Å². The van der Waals surface area contributed by atoms with E-state index in [1.807, 2.05) is 0 Å². The lowest BCUT2D eigenvalue weighted by molar-refractivity contribution is -0.143. The number of aromatic hydroxyl groups is 1. The van der Waals surface area contributed by atoms with E-state index in [9.17, 15) is 14.7 Å². The smallest absolute Gasteiger partial charge is 0.306 e. The number of ketones is 1. The molecule has 0 atom stereocenters. The van der Waals surface area contributed by atoms with Crippen LogP contribution in [0.25, 0.3) is 0 Å². The number of hydrogen-bond donors (Lipinski definition) is 1. The van der Waals surface area contributed by atoms with Gasteiger partial charge < -0.3 is 14.6 Å². The van der Waals surface area contributed by atoms with Crippen LogP contribution >= 0.6 is 23.2 Å². The highest BCUT2D eigenvalue weighted by Gasteiger charge is 2.17. The van der Waals surface area contributed by atoms with Gasteiger partial charge >= 0.3 is 5.97 Å². The van der Waals surface area contributed by atoms with Crippen LogP contribution in [0.3, 0.4) is 0 Å². The summed E-state index contributed by atoms with van der Waals surface area (Å²) < 4.78 is 9.90. The first-order chi connectivity index (χ1) is 12.8. The summed E-state index contributed by atoms with van der Waals surface area (Å²) in [7, 11) is 1.51. The summed E-state index contributed by atoms with van der Waals surface area (Å²) in [5.74, 6) is -0.644. The molecule has 0 unspecified atom stereocenters. The van der Waals surface area contributed by atoms with Crippen molar-refractivity contribution >= 4 is 35.0 Å². The number of rotatable bonds is 8. The van der Waals surface area contributed by atoms with Gasteiger partial charge in [0, 0.05) is 28.6 Å². The van der Waals surface area contributed by atoms with E-state index in [0.717, 1.165) is 0 Å². The Hall–Kier alpha value is -2.31. The second-order valence-corrected chi connectivity index (χ2v) is 6.46. The predicted octanol–water partition coefficient (Wildman–Crippen LogP) is 4.22. The van der Waals surface area contributed by atoms with E-state index in [1.54, 1.807) is 25.1 Å². The summed E-state index contributed by atoms with van der Waals surface area (Å²) in [6.07, 6.45) is 0.0845. The van der Waals surface area contributed by atoms with Crippen molar-refractivity contribution < 1.29 is 24.2 Å². The standard InChI is InChI=1S/C19H19Cl2NO5/c1-3-27-18(25)7-6-17(24)19-16(23)5-4-11(22-19)8-13-14(20)9-12(26-2)10-15(13)21/h4-5,9-10,23H,3,6-8H2,1-2H3. The molecule has 0 aliphatic heterocycles. The van der Waals surface area contributed by atoms with Gasteiger partial charge in [0.1, 0.15) is 17.2 Å². The highest BCUT2D eigenvalue weighted by atomic mass is 35.5. The molecule has 1 N–H and O–H groups in total. The molecule has 144 valence electrons. The molecule has 0 aliphatic rings. The van der Waals surface area contributed by atoms with Gasteiger partial charge in [-0.05, 0) is 36.8 Å². The van der Waals surface area contributed by atoms with Gasteiger partial charge in [-0.15, -0.1) is 0 Å². The lowest BCUT2D eigenvalue weighted by atomic mass is 10.1. The largest absolute Gasteiger partial charge is 0.506 e. The molecule has 0 radical (unpaired) electrons. The van der Waals surface area contributed by atoms with Gasteiger partial charge in [0.15, 0.2) is 5.78 Å². The van der Waals surface area contributed by atoms with E-state index in [4.69, 9.17) is 32.7 Å². The van der Waals surface area contributed by atoms with E-state index in [0.29, 0.717) is 27.1 Å². The van der Waals surface area contributed by atoms with Crippen LogP contribution in [0.4, 0.5) is 0 Å². The summed E-state index contributed by atoms with van der Waals surface area (Å²) >= 11 is 12.5. The lowest BCUT2D eigenvalue weighted by Gasteiger charge is -2.11. The van der Waals surface area contributed by atoms with Crippen molar-refractivity contribution in [1.82, 2.24) is 4.98 Å². The molecular weight excluding hydrogens is 393 g/mol. The molecule has 2 aromatic rings. The molecule has 1 heterocycles. The SMILES string of the molecule is CCOC(=O)CCC(=O)c1nc(Cc2c(Cl)cc(OC)cc2Cl)ccc1O. The van der Waals surface area contributed by atoms with Crippen molar-refractivity contribution in [2.45, 2.75) is 26.2 Å². The third-order valence-corrected chi connectivity index (χ3v) is 4.44. The number of nitrogens with zero attached hydrogens (tertiary/aromatic N) is 1. The van der Waals surface area contributed by atoms with Crippen molar-refractivity contribution in [3.05, 3.63) is 51.3 Å². The van der Waals surface area contributed by atoms with E-state index < -0.39 is 11.8 Å². The number of benzene rings is 1. The Labute approximate surface area is 167 Å². The van der Waals surface area contributed by atoms with E-state index in [-0.39, 0.29) is 37.3 Å². The van der Waals surface area contributed by atoms with Crippen LogP contribution in [0.15, 0.2) is 24.3 Å². The topological polar surface area (TPSA) is 85.7 Å². The number of aromatic nitrogens is 1. The molecule has 0 saturated carbocycles. The predicted molar refractivity (Wildman–Crippen MR) is 102 cm³/mol. The fraction of sp³-hybridized carbons (Fsp3) is 0.316. The summed E-state index contributed by atoms with van der Waals surface area (Å²) in [6.45, 7) is 1.93. The minimum Gasteiger partial charge on any atom is -0.506 e. The minimum absolute atomic E-state index is 0.0752. The zero-order chi connectivity index (χ0) is 20.0. The quantitative estimate of drug-likeness (QED) is 0.516. The Balaban J connectivity index is 2.20. The number of ether oxygens (including phenoxy) is 2. The van der Waals surface area contributed by atoms with Crippen molar-refractivity contribution in [3.63, 3.8) is 0 Å². The van der Waals surface area contributed by atoms with Gasteiger partial charge in [-0.1, -0.05) is 23.2 Å². The lowest BCUT2D eigenvalue weighted by Crippen LogP contribution is -2.10. The Morgan fingerprint density at radius 3 is 2.41 bits per heavy atom. The van der Waals surface area contributed by atoms with E-state index in [2.05, 4.69) is 4.98 Å². The first-order valence-corrected chi connectivity index (χ1v) is 9.00. The maximum absolute atomic E-state index is 12.3. The molecule has 0 fully saturated rings. The van der Waals surface area contributed by atoms with Crippen LogP contribution in [0.1, 0.15) is 41.5 Å². The molecule has 0 amide bonds. The van der Waals surface area contributed by atoms with Crippen LogP contribution in [-0.4, -0.2) is 35.6 Å². The summed E-state index contributed by atoms with van der Waals surface area (Å²) in [4.78, 5) is 27.9. The van der Waals surface area contributed by atoms with Gasteiger partial charge in [-0.25, -0.2) is 4.98 Å². The molecule has 1 aromatic heterocycles. The van der Waals surface area contributed by atoms with Gasteiger partial charge in [0.25, 0.3) is 0 Å². The molecule has 0 bridgehead atoms. The summed E-state index contributed by atoms with van der Waals surface area (Å²) in [6, 6.07) is 6.22. The van der Waals surface area contributed by atoms with Crippen molar-refractivity contribution in [1.29, 1.82) is 0 Å². The average Bonchev–Trinajstić information content (AvgIpc) is 2.64. The van der Waals surface area contributed by atoms with Crippen LogP contribution in [-0.2, 0) is 16.0 Å². The number of pyridine rings is 1. The zero-order valence-electron chi connectivity index (χ0n) is 14.9. The summed E-state index contributed by atoms with van der Waals surface area (Å²) in [5.41, 5.74) is 1.03. The molecule has 2 rings (SSSR count). The van der Waals surface area contributed by atoms with Gasteiger partial charge in [0.05, 0.1) is 20.1 Å². The number of hydrogen-bond acceptors (Lipinski definition) is 6. The Morgan fingerprint density at radius 2 is 1.81 bits per heavy atom. The Bertz CT molecular complexity index is 831. The van der Waals surface area contributed by atoms with Crippen LogP contribution < -0.4 is 4.74 Å². The van der Waals surface area contributed by atoms with Crippen LogP contribution in [0.2, 0.25) is 10.0 Å². The number of carbonyl (C=O) groups is 2. The summed E-state index contributed by atoms with van der Waals surface area (Å²) in [5, 5.41) is 10.8. The molecule has 1 aromatic carbocycles. The number of esters is 1. The third kappa shape index (κ3) is 5.58. The number of carbonyl (C=O) groups excluding carboxylic acids is 2. The maximum Gasteiger partial charge on any atom is 0.306 e. The Kier molecular flexibility index (Phi) is 7.45. The van der Waals surface area contributed by atoms with Crippen molar-refractivity contribution in [2.75, 3.05) is 13.7 Å². The molecular formula is C19H19Cl2NO5. The fourth-order valence-corrected chi connectivity index (χ4v) is 3.01. The molecule has 0 aliphatic carbocycles. The second-order valence-electron chi connectivity index (χ2n) is 5.64. The number of Topliss-reactive ketones (excluding diaryl/α,β-unsaturated/α-hetero) is 1. The van der Waals surface area contributed by atoms with Gasteiger partial charge in [-0.2, -0.15) is 0 Å². The molecule has 8 heteroatoms. The minimum atomic E-state index is -0.474. The molecule has 0 spiro atoms. The highest BCUT2D eigenvalue weighted by molar-refractivity contribution is 6.36. The van der Waals surface area contributed by atoms with E-state index in [1.165, 1.54) is 13.2 Å². The molecule has 0 saturated heterocycles. The second kappa shape index (κ2) is 9.58. The molecule has 6 nitrogen and oxygen atoms in total. The first kappa shape index (κ1) is 21.0. The first-order valence-electron chi connectivity index (χ1n) is 8.25.